The second-order valence-electron chi connectivity index (χ2n) is 7.03. The summed E-state index contributed by atoms with van der Waals surface area (Å²) in [6.45, 7) is 0.132. The summed E-state index contributed by atoms with van der Waals surface area (Å²) < 4.78 is 5.77. The third-order valence-electron chi connectivity index (χ3n) is 4.66. The van der Waals surface area contributed by atoms with E-state index in [2.05, 4.69) is 5.32 Å². The Bertz CT molecular complexity index is 1150. The average Bonchev–Trinajstić information content (AvgIpc) is 3.07. The molecule has 3 aromatic rings. The van der Waals surface area contributed by atoms with Crippen LogP contribution in [0.2, 0.25) is 0 Å². The number of benzene rings is 3. The van der Waals surface area contributed by atoms with Crippen molar-refractivity contribution in [2.45, 2.75) is 6.61 Å². The van der Waals surface area contributed by atoms with Gasteiger partial charge in [0, 0.05) is 5.69 Å². The van der Waals surface area contributed by atoms with Crippen LogP contribution in [0.5, 0.6) is 5.75 Å². The van der Waals surface area contributed by atoms with Gasteiger partial charge in [-0.15, -0.1) is 0 Å². The molecular weight excluding hydrogens is 424 g/mol. The summed E-state index contributed by atoms with van der Waals surface area (Å²) in [5.41, 5.74) is 2.44. The van der Waals surface area contributed by atoms with E-state index in [1.165, 1.54) is 0 Å². The lowest BCUT2D eigenvalue weighted by molar-refractivity contribution is -0.127. The van der Waals surface area contributed by atoms with Crippen LogP contribution in [-0.2, 0) is 16.2 Å². The van der Waals surface area contributed by atoms with Crippen LogP contribution < -0.4 is 10.1 Å². The third kappa shape index (κ3) is 5.44. The maximum Gasteiger partial charge on any atom is 0.294 e. The zero-order valence-electron chi connectivity index (χ0n) is 17.1. The number of para-hydroxylation sites is 1. The third-order valence-corrected chi connectivity index (χ3v) is 5.57. The Kier molecular flexibility index (Phi) is 6.67. The molecule has 3 amide bonds. The topological polar surface area (TPSA) is 75.7 Å². The molecular formula is C25H20N2O4S. The first-order chi connectivity index (χ1) is 15.6. The van der Waals surface area contributed by atoms with Gasteiger partial charge in [-0.3, -0.25) is 19.3 Å². The summed E-state index contributed by atoms with van der Waals surface area (Å²) in [6.07, 6.45) is 1.64. The first kappa shape index (κ1) is 21.4. The maximum atomic E-state index is 12.6. The molecule has 1 heterocycles. The van der Waals surface area contributed by atoms with Crippen LogP contribution in [0.4, 0.5) is 10.5 Å². The van der Waals surface area contributed by atoms with Crippen molar-refractivity contribution in [2.24, 2.45) is 0 Å². The van der Waals surface area contributed by atoms with Crippen molar-refractivity contribution >= 4 is 40.6 Å². The van der Waals surface area contributed by atoms with Gasteiger partial charge in [0.05, 0.1) is 4.91 Å². The Morgan fingerprint density at radius 2 is 1.56 bits per heavy atom. The molecule has 3 aromatic carbocycles. The summed E-state index contributed by atoms with van der Waals surface area (Å²) in [5, 5.41) is 2.21. The summed E-state index contributed by atoms with van der Waals surface area (Å²) >= 11 is 0.824. The number of hydrogen-bond acceptors (Lipinski definition) is 5. The highest BCUT2D eigenvalue weighted by atomic mass is 32.2. The predicted molar refractivity (Wildman–Crippen MR) is 125 cm³/mol. The normalized spacial score (nSPS) is 14.6. The van der Waals surface area contributed by atoms with Crippen LogP contribution in [0.25, 0.3) is 6.08 Å². The molecule has 0 aromatic heterocycles. The van der Waals surface area contributed by atoms with Gasteiger partial charge in [-0.1, -0.05) is 60.7 Å². The first-order valence-corrected chi connectivity index (χ1v) is 10.8. The lowest BCUT2D eigenvalue weighted by Crippen LogP contribution is -2.36. The van der Waals surface area contributed by atoms with Gasteiger partial charge in [0.1, 0.15) is 18.9 Å². The minimum atomic E-state index is -0.479. The van der Waals surface area contributed by atoms with Crippen LogP contribution >= 0.6 is 11.8 Å². The lowest BCUT2D eigenvalue weighted by Gasteiger charge is -2.12. The van der Waals surface area contributed by atoms with E-state index in [1.54, 1.807) is 30.3 Å². The van der Waals surface area contributed by atoms with Crippen molar-refractivity contribution in [3.8, 4) is 5.75 Å². The average molecular weight is 445 g/mol. The van der Waals surface area contributed by atoms with Crippen molar-refractivity contribution in [2.75, 3.05) is 11.9 Å². The second-order valence-corrected chi connectivity index (χ2v) is 8.02. The monoisotopic (exact) mass is 444 g/mol. The summed E-state index contributed by atoms with van der Waals surface area (Å²) in [6, 6.07) is 26.0. The van der Waals surface area contributed by atoms with Gasteiger partial charge in [-0.25, -0.2) is 0 Å². The Morgan fingerprint density at radius 3 is 2.25 bits per heavy atom. The molecule has 32 heavy (non-hydrogen) atoms. The quantitative estimate of drug-likeness (QED) is 0.523. The Hall–Kier alpha value is -3.84. The fraction of sp³-hybridized carbons (Fsp3) is 0.0800. The number of carbonyl (C=O) groups excluding carboxylic acids is 3. The minimum Gasteiger partial charge on any atom is -0.489 e. The Morgan fingerprint density at radius 1 is 0.906 bits per heavy atom. The number of nitrogens with one attached hydrogen (secondary N) is 1. The molecule has 0 atom stereocenters. The van der Waals surface area contributed by atoms with Gasteiger partial charge < -0.3 is 10.1 Å². The standard InChI is InChI=1S/C25H20N2O4S/c28-23(26-20-9-5-2-6-10-20)16-27-24(29)22(32-25(27)30)15-18-11-13-21(14-12-18)31-17-19-7-3-1-4-8-19/h1-15H,16-17H2,(H,26,28)/b22-15+. The van der Waals surface area contributed by atoms with Crippen molar-refractivity contribution in [3.63, 3.8) is 0 Å². The summed E-state index contributed by atoms with van der Waals surface area (Å²) in [7, 11) is 0. The van der Waals surface area contributed by atoms with Gasteiger partial charge in [-0.05, 0) is 53.2 Å². The second kappa shape index (κ2) is 9.98. The minimum absolute atomic E-state index is 0.278. The van der Waals surface area contributed by atoms with E-state index >= 15 is 0 Å². The van der Waals surface area contributed by atoms with E-state index in [4.69, 9.17) is 4.74 Å². The van der Waals surface area contributed by atoms with Crippen LogP contribution in [-0.4, -0.2) is 28.5 Å². The van der Waals surface area contributed by atoms with Crippen LogP contribution in [0.3, 0.4) is 0 Å². The molecule has 0 radical (unpaired) electrons. The molecule has 0 spiro atoms. The molecule has 160 valence electrons. The molecule has 1 fully saturated rings. The number of hydrogen-bond donors (Lipinski definition) is 1. The molecule has 1 aliphatic heterocycles. The molecule has 4 rings (SSSR count). The van der Waals surface area contributed by atoms with E-state index in [0.717, 1.165) is 27.8 Å². The van der Waals surface area contributed by atoms with E-state index < -0.39 is 17.1 Å². The first-order valence-electron chi connectivity index (χ1n) is 9.95. The highest BCUT2D eigenvalue weighted by Gasteiger charge is 2.36. The number of ether oxygens (including phenoxy) is 1. The fourth-order valence-corrected chi connectivity index (χ4v) is 3.89. The number of amides is 3. The molecule has 6 nitrogen and oxygen atoms in total. The van der Waals surface area contributed by atoms with Crippen molar-refractivity contribution in [1.29, 1.82) is 0 Å². The molecule has 0 aliphatic carbocycles. The van der Waals surface area contributed by atoms with Crippen molar-refractivity contribution in [1.82, 2.24) is 4.90 Å². The number of carbonyl (C=O) groups is 3. The fourth-order valence-electron chi connectivity index (χ4n) is 3.05. The SMILES string of the molecule is O=C(CN1C(=O)S/C(=C/c2ccc(OCc3ccccc3)cc2)C1=O)Nc1ccccc1. The number of nitrogens with zero attached hydrogens (tertiary/aromatic N) is 1. The molecule has 1 saturated heterocycles. The number of imide groups is 1. The van der Waals surface area contributed by atoms with Gasteiger partial charge in [0.15, 0.2) is 0 Å². The van der Waals surface area contributed by atoms with Crippen molar-refractivity contribution in [3.05, 3.63) is 101 Å². The van der Waals surface area contributed by atoms with E-state index in [9.17, 15) is 14.4 Å². The Labute approximate surface area is 189 Å². The molecule has 7 heteroatoms. The summed E-state index contributed by atoms with van der Waals surface area (Å²) in [4.78, 5) is 38.4. The molecule has 0 unspecified atom stereocenters. The number of thioether (sulfide) groups is 1. The number of rotatable bonds is 7. The maximum absolute atomic E-state index is 12.6. The zero-order chi connectivity index (χ0) is 22.3. The summed E-state index contributed by atoms with van der Waals surface area (Å²) in [5.74, 6) is -0.205. The predicted octanol–water partition coefficient (Wildman–Crippen LogP) is 4.94. The van der Waals surface area contributed by atoms with E-state index in [0.29, 0.717) is 18.0 Å². The smallest absolute Gasteiger partial charge is 0.294 e. The Balaban J connectivity index is 1.36. The molecule has 1 aliphatic rings. The van der Waals surface area contributed by atoms with Crippen LogP contribution in [0.15, 0.2) is 89.8 Å². The zero-order valence-corrected chi connectivity index (χ0v) is 17.9. The van der Waals surface area contributed by atoms with Gasteiger partial charge in [-0.2, -0.15) is 0 Å². The van der Waals surface area contributed by atoms with E-state index in [1.807, 2.05) is 60.7 Å². The molecule has 0 saturated carbocycles. The highest BCUT2D eigenvalue weighted by Crippen LogP contribution is 2.32. The largest absolute Gasteiger partial charge is 0.489 e. The van der Waals surface area contributed by atoms with Gasteiger partial charge in [0.25, 0.3) is 11.1 Å². The van der Waals surface area contributed by atoms with Crippen LogP contribution in [0, 0.1) is 0 Å². The number of anilines is 1. The van der Waals surface area contributed by atoms with Gasteiger partial charge >= 0.3 is 0 Å². The van der Waals surface area contributed by atoms with Crippen molar-refractivity contribution < 1.29 is 19.1 Å². The molecule has 0 bridgehead atoms. The van der Waals surface area contributed by atoms with E-state index in [-0.39, 0.29) is 11.4 Å². The highest BCUT2D eigenvalue weighted by molar-refractivity contribution is 8.18. The van der Waals surface area contributed by atoms with Crippen LogP contribution in [0.1, 0.15) is 11.1 Å². The van der Waals surface area contributed by atoms with Gasteiger partial charge in [0.2, 0.25) is 5.91 Å². The molecule has 1 N–H and O–H groups in total. The lowest BCUT2D eigenvalue weighted by atomic mass is 10.2.